The summed E-state index contributed by atoms with van der Waals surface area (Å²) in [5, 5.41) is 3.16. The Kier molecular flexibility index (Phi) is 1.81. The first kappa shape index (κ1) is 8.25. The molecule has 0 saturated carbocycles. The van der Waals surface area contributed by atoms with Crippen LogP contribution in [0.1, 0.15) is 22.0 Å². The molecule has 0 atom stereocenters. The van der Waals surface area contributed by atoms with Gasteiger partial charge in [0.25, 0.3) is 0 Å². The summed E-state index contributed by atoms with van der Waals surface area (Å²) in [4.78, 5) is 15.4. The van der Waals surface area contributed by atoms with Crippen molar-refractivity contribution in [2.24, 2.45) is 7.05 Å². The zero-order valence-corrected chi connectivity index (χ0v) is 7.63. The van der Waals surface area contributed by atoms with Gasteiger partial charge in [-0.15, -0.1) is 0 Å². The Balaban J connectivity index is 2.44. The maximum atomic E-state index is 11.2. The number of imidazole rings is 1. The van der Waals surface area contributed by atoms with Crippen molar-refractivity contribution in [2.75, 3.05) is 7.11 Å². The van der Waals surface area contributed by atoms with E-state index in [9.17, 15) is 4.79 Å². The number of nitrogens with one attached hydrogen (secondary N) is 1. The molecule has 0 bridgehead atoms. The molecule has 0 aromatic carbocycles. The molecule has 5 heteroatoms. The summed E-state index contributed by atoms with van der Waals surface area (Å²) in [6.45, 7) is 1.51. The second-order valence-corrected chi connectivity index (χ2v) is 2.98. The lowest BCUT2D eigenvalue weighted by Gasteiger charge is -2.01. The molecule has 70 valence electrons. The van der Waals surface area contributed by atoms with Crippen molar-refractivity contribution in [3.05, 3.63) is 17.2 Å². The predicted octanol–water partition coefficient (Wildman–Crippen LogP) is -0.190. The highest BCUT2D eigenvalue weighted by Crippen LogP contribution is 2.15. The molecular weight excluding hydrogens is 170 g/mol. The van der Waals surface area contributed by atoms with Crippen molar-refractivity contribution < 1.29 is 9.53 Å². The maximum Gasteiger partial charge on any atom is 0.374 e. The molecule has 0 radical (unpaired) electrons. The van der Waals surface area contributed by atoms with Gasteiger partial charge in [-0.3, -0.25) is 0 Å². The maximum absolute atomic E-state index is 11.2. The van der Waals surface area contributed by atoms with E-state index in [2.05, 4.69) is 15.0 Å². The summed E-state index contributed by atoms with van der Waals surface area (Å²) < 4.78 is 6.39. The zero-order valence-electron chi connectivity index (χ0n) is 7.63. The average molecular weight is 181 g/mol. The van der Waals surface area contributed by atoms with Crippen LogP contribution in [-0.4, -0.2) is 22.6 Å². The van der Waals surface area contributed by atoms with Gasteiger partial charge in [0, 0.05) is 20.1 Å². The van der Waals surface area contributed by atoms with Crippen molar-refractivity contribution >= 4 is 5.97 Å². The molecular formula is C8H11N3O2. The number of carbonyl (C=O) groups is 1. The van der Waals surface area contributed by atoms with E-state index in [1.807, 2.05) is 7.05 Å². The van der Waals surface area contributed by atoms with Gasteiger partial charge in [-0.2, -0.15) is 0 Å². The summed E-state index contributed by atoms with van der Waals surface area (Å²) in [6.07, 6.45) is 0. The summed E-state index contributed by atoms with van der Waals surface area (Å²) in [5.41, 5.74) is 2.02. The highest BCUT2D eigenvalue weighted by Gasteiger charge is 2.22. The van der Waals surface area contributed by atoms with E-state index in [1.54, 1.807) is 4.57 Å². The fourth-order valence-corrected chi connectivity index (χ4v) is 1.52. The van der Waals surface area contributed by atoms with Crippen LogP contribution < -0.4 is 5.32 Å². The van der Waals surface area contributed by atoms with Gasteiger partial charge in [0.05, 0.1) is 18.5 Å². The molecule has 0 spiro atoms. The van der Waals surface area contributed by atoms with Gasteiger partial charge in [0.15, 0.2) is 0 Å². The molecule has 2 heterocycles. The third-order valence-corrected chi connectivity index (χ3v) is 2.25. The van der Waals surface area contributed by atoms with E-state index in [0.29, 0.717) is 5.82 Å². The number of fused-ring (bicyclic) bond motifs is 1. The Labute approximate surface area is 75.7 Å². The SMILES string of the molecule is COC(=O)c1nc2c(n1C)CNC2. The lowest BCUT2D eigenvalue weighted by atomic mass is 10.4. The molecule has 0 fully saturated rings. The Bertz CT molecular complexity index is 357. The molecule has 0 unspecified atom stereocenters. The molecule has 1 N–H and O–H groups in total. The van der Waals surface area contributed by atoms with E-state index in [4.69, 9.17) is 0 Å². The van der Waals surface area contributed by atoms with Crippen LogP contribution in [-0.2, 0) is 24.9 Å². The van der Waals surface area contributed by atoms with E-state index in [0.717, 1.165) is 24.5 Å². The third-order valence-electron chi connectivity index (χ3n) is 2.25. The van der Waals surface area contributed by atoms with E-state index in [1.165, 1.54) is 7.11 Å². The first-order valence-corrected chi connectivity index (χ1v) is 4.07. The molecule has 0 aliphatic carbocycles. The van der Waals surface area contributed by atoms with E-state index < -0.39 is 0 Å². The Hall–Kier alpha value is -1.36. The summed E-state index contributed by atoms with van der Waals surface area (Å²) in [5.74, 6) is 0.00546. The van der Waals surface area contributed by atoms with E-state index in [-0.39, 0.29) is 5.97 Å². The molecule has 1 aromatic heterocycles. The second kappa shape index (κ2) is 2.85. The fraction of sp³-hybridized carbons (Fsp3) is 0.500. The Morgan fingerprint density at radius 2 is 2.38 bits per heavy atom. The van der Waals surface area contributed by atoms with Crippen LogP contribution >= 0.6 is 0 Å². The molecule has 0 amide bonds. The minimum absolute atomic E-state index is 0.378. The second-order valence-electron chi connectivity index (χ2n) is 2.98. The molecule has 1 aliphatic heterocycles. The highest BCUT2D eigenvalue weighted by atomic mass is 16.5. The van der Waals surface area contributed by atoms with Crippen molar-refractivity contribution in [2.45, 2.75) is 13.1 Å². The molecule has 5 nitrogen and oxygen atoms in total. The predicted molar refractivity (Wildman–Crippen MR) is 45.1 cm³/mol. The monoisotopic (exact) mass is 181 g/mol. The summed E-state index contributed by atoms with van der Waals surface area (Å²) in [6, 6.07) is 0. The summed E-state index contributed by atoms with van der Waals surface area (Å²) >= 11 is 0. The number of hydrogen-bond donors (Lipinski definition) is 1. The number of rotatable bonds is 1. The largest absolute Gasteiger partial charge is 0.463 e. The number of nitrogens with zero attached hydrogens (tertiary/aromatic N) is 2. The van der Waals surface area contributed by atoms with Crippen LogP contribution in [0.2, 0.25) is 0 Å². The van der Waals surface area contributed by atoms with Gasteiger partial charge >= 0.3 is 5.97 Å². The van der Waals surface area contributed by atoms with Crippen LogP contribution in [0.25, 0.3) is 0 Å². The normalized spacial score (nSPS) is 14.3. The number of aromatic nitrogens is 2. The fourth-order valence-electron chi connectivity index (χ4n) is 1.52. The summed E-state index contributed by atoms with van der Waals surface area (Å²) in [7, 11) is 3.19. The zero-order chi connectivity index (χ0) is 9.42. The number of hydrogen-bond acceptors (Lipinski definition) is 4. The first-order valence-electron chi connectivity index (χ1n) is 4.07. The van der Waals surface area contributed by atoms with Crippen LogP contribution in [0.15, 0.2) is 0 Å². The van der Waals surface area contributed by atoms with Crippen molar-refractivity contribution in [1.82, 2.24) is 14.9 Å². The quantitative estimate of drug-likeness (QED) is 0.610. The van der Waals surface area contributed by atoms with Gasteiger partial charge in [-0.25, -0.2) is 9.78 Å². The number of ether oxygens (including phenoxy) is 1. The van der Waals surface area contributed by atoms with Crippen LogP contribution in [0.3, 0.4) is 0 Å². The minimum Gasteiger partial charge on any atom is -0.463 e. The van der Waals surface area contributed by atoms with Gasteiger partial charge in [-0.1, -0.05) is 0 Å². The average Bonchev–Trinajstić information content (AvgIpc) is 2.68. The Morgan fingerprint density at radius 3 is 3.00 bits per heavy atom. The molecule has 13 heavy (non-hydrogen) atoms. The number of methoxy groups -OCH3 is 1. The van der Waals surface area contributed by atoms with Crippen molar-refractivity contribution in [3.63, 3.8) is 0 Å². The molecule has 2 rings (SSSR count). The van der Waals surface area contributed by atoms with Crippen molar-refractivity contribution in [1.29, 1.82) is 0 Å². The number of esters is 1. The minimum atomic E-state index is -0.378. The lowest BCUT2D eigenvalue weighted by molar-refractivity contribution is 0.0582. The van der Waals surface area contributed by atoms with Gasteiger partial charge in [-0.05, 0) is 0 Å². The van der Waals surface area contributed by atoms with Crippen molar-refractivity contribution in [3.8, 4) is 0 Å². The highest BCUT2D eigenvalue weighted by molar-refractivity contribution is 5.85. The smallest absolute Gasteiger partial charge is 0.374 e. The molecule has 1 aromatic rings. The topological polar surface area (TPSA) is 56.1 Å². The van der Waals surface area contributed by atoms with Gasteiger partial charge in [0.2, 0.25) is 5.82 Å². The van der Waals surface area contributed by atoms with Crippen LogP contribution in [0.5, 0.6) is 0 Å². The van der Waals surface area contributed by atoms with E-state index >= 15 is 0 Å². The molecule has 1 aliphatic rings. The first-order chi connectivity index (χ1) is 6.24. The molecule has 0 saturated heterocycles. The van der Waals surface area contributed by atoms with Crippen LogP contribution in [0, 0.1) is 0 Å². The van der Waals surface area contributed by atoms with Gasteiger partial charge < -0.3 is 14.6 Å². The number of carbonyl (C=O) groups excluding carboxylic acids is 1. The standard InChI is InChI=1S/C8H11N3O2/c1-11-6-4-9-3-5(6)10-7(11)8(12)13-2/h9H,3-4H2,1-2H3. The van der Waals surface area contributed by atoms with Gasteiger partial charge in [0.1, 0.15) is 0 Å². The Morgan fingerprint density at radius 1 is 1.62 bits per heavy atom. The lowest BCUT2D eigenvalue weighted by Crippen LogP contribution is -2.13. The van der Waals surface area contributed by atoms with Crippen LogP contribution in [0.4, 0.5) is 0 Å². The third kappa shape index (κ3) is 1.12.